The van der Waals surface area contributed by atoms with Gasteiger partial charge in [-0.1, -0.05) is 32.0 Å². The van der Waals surface area contributed by atoms with E-state index in [1.165, 1.54) is 0 Å². The molecule has 0 spiro atoms. The predicted octanol–water partition coefficient (Wildman–Crippen LogP) is 6.49. The summed E-state index contributed by atoms with van der Waals surface area (Å²) in [5.41, 5.74) is 2.00. The zero-order valence-corrected chi connectivity index (χ0v) is 20.7. The summed E-state index contributed by atoms with van der Waals surface area (Å²) in [6.07, 6.45) is 0. The number of carbonyl (C=O) groups is 2. The second-order valence-corrected chi connectivity index (χ2v) is 9.33. The molecule has 0 heterocycles. The van der Waals surface area contributed by atoms with Crippen molar-refractivity contribution >= 4 is 35.0 Å². The molecule has 0 saturated heterocycles. The van der Waals surface area contributed by atoms with Crippen LogP contribution in [0.3, 0.4) is 0 Å². The first kappa shape index (κ1) is 25.2. The van der Waals surface area contributed by atoms with Crippen molar-refractivity contribution in [2.45, 2.75) is 37.8 Å². The minimum absolute atomic E-state index is 0.259. The van der Waals surface area contributed by atoms with Crippen LogP contribution in [-0.2, 0) is 0 Å². The third-order valence-corrected chi connectivity index (χ3v) is 5.72. The molecular weight excluding hydrogens is 448 g/mol. The fourth-order valence-electron chi connectivity index (χ4n) is 3.24. The van der Waals surface area contributed by atoms with Crippen molar-refractivity contribution in [2.24, 2.45) is 0 Å². The van der Waals surface area contributed by atoms with Gasteiger partial charge in [-0.05, 0) is 50.2 Å². The van der Waals surface area contributed by atoms with Crippen molar-refractivity contribution in [1.29, 1.82) is 0 Å². The van der Waals surface area contributed by atoms with Crippen LogP contribution in [0.4, 0.5) is 11.4 Å². The quantitative estimate of drug-likeness (QED) is 0.326. The molecule has 0 aliphatic carbocycles. The SMILES string of the molecule is CCOc1cc(NC(=O)c2ccc(SC(C)C)cc2)c(OCC)cc1NC(=O)c1ccccc1. The second kappa shape index (κ2) is 12.1. The minimum atomic E-state index is -0.264. The number of rotatable bonds is 10. The van der Waals surface area contributed by atoms with Gasteiger partial charge in [0, 0.05) is 33.4 Å². The molecule has 0 fully saturated rings. The van der Waals surface area contributed by atoms with Crippen molar-refractivity contribution in [3.05, 3.63) is 77.9 Å². The third kappa shape index (κ3) is 6.78. The van der Waals surface area contributed by atoms with Crippen molar-refractivity contribution < 1.29 is 19.1 Å². The summed E-state index contributed by atoms with van der Waals surface area (Å²) in [6.45, 7) is 8.75. The fourth-order valence-corrected chi connectivity index (χ4v) is 4.08. The van der Waals surface area contributed by atoms with Crippen LogP contribution in [0.2, 0.25) is 0 Å². The van der Waals surface area contributed by atoms with E-state index >= 15 is 0 Å². The molecule has 0 unspecified atom stereocenters. The fraction of sp³-hybridized carbons (Fsp3) is 0.259. The number of anilines is 2. The molecule has 0 bridgehead atoms. The van der Waals surface area contributed by atoms with Crippen LogP contribution in [0.1, 0.15) is 48.4 Å². The highest BCUT2D eigenvalue weighted by Crippen LogP contribution is 2.37. The average molecular weight is 479 g/mol. The Morgan fingerprint density at radius 2 is 1.24 bits per heavy atom. The zero-order chi connectivity index (χ0) is 24.5. The molecule has 7 heteroatoms. The molecule has 0 aromatic heterocycles. The Kier molecular flexibility index (Phi) is 8.99. The molecule has 178 valence electrons. The molecule has 6 nitrogen and oxygen atoms in total. The van der Waals surface area contributed by atoms with E-state index in [1.54, 1.807) is 60.3 Å². The largest absolute Gasteiger partial charge is 0.492 e. The molecule has 0 atom stereocenters. The average Bonchev–Trinajstić information content (AvgIpc) is 2.82. The van der Waals surface area contributed by atoms with Gasteiger partial charge in [0.25, 0.3) is 11.8 Å². The summed E-state index contributed by atoms with van der Waals surface area (Å²) in [6, 6.07) is 19.8. The van der Waals surface area contributed by atoms with Crippen LogP contribution in [0.25, 0.3) is 0 Å². The lowest BCUT2D eigenvalue weighted by atomic mass is 10.1. The van der Waals surface area contributed by atoms with Crippen LogP contribution in [0, 0.1) is 0 Å². The van der Waals surface area contributed by atoms with E-state index in [9.17, 15) is 9.59 Å². The number of nitrogens with one attached hydrogen (secondary N) is 2. The number of hydrogen-bond acceptors (Lipinski definition) is 5. The molecule has 3 rings (SSSR count). The molecule has 0 saturated carbocycles. The monoisotopic (exact) mass is 478 g/mol. The topological polar surface area (TPSA) is 76.7 Å². The van der Waals surface area contributed by atoms with Gasteiger partial charge in [-0.3, -0.25) is 9.59 Å². The predicted molar refractivity (Wildman–Crippen MR) is 139 cm³/mol. The molecule has 3 aromatic rings. The van der Waals surface area contributed by atoms with Gasteiger partial charge >= 0.3 is 0 Å². The van der Waals surface area contributed by atoms with Gasteiger partial charge in [-0.25, -0.2) is 0 Å². The van der Waals surface area contributed by atoms with E-state index in [4.69, 9.17) is 9.47 Å². The third-order valence-electron chi connectivity index (χ3n) is 4.70. The molecule has 34 heavy (non-hydrogen) atoms. The minimum Gasteiger partial charge on any atom is -0.492 e. The Bertz CT molecular complexity index is 1120. The summed E-state index contributed by atoms with van der Waals surface area (Å²) < 4.78 is 11.5. The highest BCUT2D eigenvalue weighted by atomic mass is 32.2. The maximum absolute atomic E-state index is 12.9. The molecule has 0 aliphatic heterocycles. The first-order chi connectivity index (χ1) is 16.4. The van der Waals surface area contributed by atoms with E-state index in [1.807, 2.05) is 32.0 Å². The van der Waals surface area contributed by atoms with Crippen molar-refractivity contribution in [3.8, 4) is 11.5 Å². The summed E-state index contributed by atoms with van der Waals surface area (Å²) in [4.78, 5) is 26.7. The Morgan fingerprint density at radius 1 is 0.765 bits per heavy atom. The number of benzene rings is 3. The van der Waals surface area contributed by atoms with Crippen LogP contribution in [-0.4, -0.2) is 30.3 Å². The smallest absolute Gasteiger partial charge is 0.255 e. The Labute approximate surface area is 205 Å². The van der Waals surface area contributed by atoms with Gasteiger partial charge in [0.1, 0.15) is 11.5 Å². The van der Waals surface area contributed by atoms with Gasteiger partial charge < -0.3 is 20.1 Å². The first-order valence-electron chi connectivity index (χ1n) is 11.3. The number of carbonyl (C=O) groups excluding carboxylic acids is 2. The van der Waals surface area contributed by atoms with Crippen LogP contribution < -0.4 is 20.1 Å². The maximum Gasteiger partial charge on any atom is 0.255 e. The highest BCUT2D eigenvalue weighted by Gasteiger charge is 2.17. The number of thioether (sulfide) groups is 1. The maximum atomic E-state index is 12.9. The van der Waals surface area contributed by atoms with Crippen LogP contribution in [0.5, 0.6) is 11.5 Å². The summed E-state index contributed by atoms with van der Waals surface area (Å²) in [7, 11) is 0. The number of ether oxygens (including phenoxy) is 2. The van der Waals surface area contributed by atoms with E-state index in [0.717, 1.165) is 4.90 Å². The standard InChI is InChI=1S/C27H30N2O4S/c1-5-32-24-17-23(29-27(31)20-12-14-21(15-13-20)34-18(3)4)25(33-6-2)16-22(24)28-26(30)19-10-8-7-9-11-19/h7-18H,5-6H2,1-4H3,(H,28,30)(H,29,31). The van der Waals surface area contributed by atoms with E-state index < -0.39 is 0 Å². The zero-order valence-electron chi connectivity index (χ0n) is 19.9. The summed E-state index contributed by atoms with van der Waals surface area (Å²) in [5, 5.41) is 6.27. The van der Waals surface area contributed by atoms with E-state index in [2.05, 4.69) is 24.5 Å². The van der Waals surface area contributed by atoms with Gasteiger partial charge in [0.2, 0.25) is 0 Å². The molecule has 2 amide bonds. The van der Waals surface area contributed by atoms with Crippen molar-refractivity contribution in [1.82, 2.24) is 0 Å². The second-order valence-electron chi connectivity index (χ2n) is 7.68. The molecule has 3 aromatic carbocycles. The van der Waals surface area contributed by atoms with E-state index in [-0.39, 0.29) is 11.8 Å². The first-order valence-corrected chi connectivity index (χ1v) is 12.2. The number of amides is 2. The molecular formula is C27H30N2O4S. The number of hydrogen-bond donors (Lipinski definition) is 2. The Morgan fingerprint density at radius 3 is 1.68 bits per heavy atom. The lowest BCUT2D eigenvalue weighted by molar-refractivity contribution is 0.101. The van der Waals surface area contributed by atoms with Crippen molar-refractivity contribution in [3.63, 3.8) is 0 Å². The molecule has 0 aliphatic rings. The molecule has 2 N–H and O–H groups in total. The Balaban J connectivity index is 1.86. The van der Waals surface area contributed by atoms with Gasteiger partial charge in [-0.2, -0.15) is 0 Å². The van der Waals surface area contributed by atoms with E-state index in [0.29, 0.717) is 52.5 Å². The van der Waals surface area contributed by atoms with Crippen LogP contribution in [0.15, 0.2) is 71.6 Å². The lowest BCUT2D eigenvalue weighted by Gasteiger charge is -2.18. The molecule has 0 radical (unpaired) electrons. The van der Waals surface area contributed by atoms with Gasteiger partial charge in [0.15, 0.2) is 0 Å². The summed E-state index contributed by atoms with van der Waals surface area (Å²) in [5.74, 6) is 0.356. The Hall–Kier alpha value is -3.45. The normalized spacial score (nSPS) is 10.6. The van der Waals surface area contributed by atoms with Crippen LogP contribution >= 0.6 is 11.8 Å². The summed E-state index contributed by atoms with van der Waals surface area (Å²) >= 11 is 1.74. The lowest BCUT2D eigenvalue weighted by Crippen LogP contribution is -2.15. The van der Waals surface area contributed by atoms with Gasteiger partial charge in [-0.15, -0.1) is 11.8 Å². The van der Waals surface area contributed by atoms with Gasteiger partial charge in [0.05, 0.1) is 24.6 Å². The van der Waals surface area contributed by atoms with Crippen molar-refractivity contribution in [2.75, 3.05) is 23.8 Å². The highest BCUT2D eigenvalue weighted by molar-refractivity contribution is 7.99.